The van der Waals surface area contributed by atoms with E-state index < -0.39 is 4.92 Å². The molecule has 70 valence electrons. The average Bonchev–Trinajstić information content (AvgIpc) is 2.08. The van der Waals surface area contributed by atoms with Crippen LogP contribution in [0.2, 0.25) is 0 Å². The first-order chi connectivity index (χ1) is 6.16. The van der Waals surface area contributed by atoms with Gasteiger partial charge in [0, 0.05) is 24.2 Å². The number of nitrogens with zero attached hydrogens (tertiary/aromatic N) is 2. The molecule has 0 bridgehead atoms. The lowest BCUT2D eigenvalue weighted by Crippen LogP contribution is -2.07. The number of hydrogen-bond donors (Lipinski definition) is 1. The number of rotatable bonds is 3. The van der Waals surface area contributed by atoms with Gasteiger partial charge in [0.2, 0.25) is 0 Å². The standard InChI is InChI=1S/C8H11N3O2/c1-6-7(2-4-9)10-5-3-8(6)11(12)13/h3,5H,2,4,9H2,1H3. The summed E-state index contributed by atoms with van der Waals surface area (Å²) >= 11 is 0. The van der Waals surface area contributed by atoms with Gasteiger partial charge >= 0.3 is 0 Å². The third kappa shape index (κ3) is 2.00. The Morgan fingerprint density at radius 3 is 2.92 bits per heavy atom. The van der Waals surface area contributed by atoms with Crippen molar-refractivity contribution in [1.82, 2.24) is 4.98 Å². The van der Waals surface area contributed by atoms with E-state index in [1.807, 2.05) is 0 Å². The van der Waals surface area contributed by atoms with E-state index in [1.165, 1.54) is 12.3 Å². The second-order valence-corrected chi connectivity index (χ2v) is 2.70. The average molecular weight is 181 g/mol. The fraction of sp³-hybridized carbons (Fsp3) is 0.375. The summed E-state index contributed by atoms with van der Waals surface area (Å²) in [5.74, 6) is 0. The molecule has 13 heavy (non-hydrogen) atoms. The van der Waals surface area contributed by atoms with Gasteiger partial charge in [0.15, 0.2) is 0 Å². The van der Waals surface area contributed by atoms with Gasteiger partial charge in [-0.15, -0.1) is 0 Å². The second kappa shape index (κ2) is 3.95. The highest BCUT2D eigenvalue weighted by molar-refractivity contribution is 5.40. The topological polar surface area (TPSA) is 82.0 Å². The van der Waals surface area contributed by atoms with E-state index in [-0.39, 0.29) is 5.69 Å². The Balaban J connectivity index is 3.10. The van der Waals surface area contributed by atoms with E-state index in [0.717, 1.165) is 0 Å². The molecule has 1 aromatic heterocycles. The Morgan fingerprint density at radius 1 is 1.69 bits per heavy atom. The molecular formula is C8H11N3O2. The Labute approximate surface area is 75.7 Å². The van der Waals surface area contributed by atoms with Gasteiger partial charge < -0.3 is 5.73 Å². The van der Waals surface area contributed by atoms with Crippen molar-refractivity contribution in [2.24, 2.45) is 5.73 Å². The van der Waals surface area contributed by atoms with Crippen LogP contribution < -0.4 is 5.73 Å². The summed E-state index contributed by atoms with van der Waals surface area (Å²) in [7, 11) is 0. The molecule has 0 fully saturated rings. The van der Waals surface area contributed by atoms with E-state index in [2.05, 4.69) is 4.98 Å². The number of nitrogens with two attached hydrogens (primary N) is 1. The maximum atomic E-state index is 10.5. The minimum Gasteiger partial charge on any atom is -0.330 e. The van der Waals surface area contributed by atoms with Crippen molar-refractivity contribution in [3.63, 3.8) is 0 Å². The third-order valence-corrected chi connectivity index (χ3v) is 1.86. The molecule has 0 aliphatic carbocycles. The second-order valence-electron chi connectivity index (χ2n) is 2.70. The Hall–Kier alpha value is -1.49. The molecule has 0 saturated heterocycles. The highest BCUT2D eigenvalue weighted by Gasteiger charge is 2.13. The first kappa shape index (κ1) is 9.60. The van der Waals surface area contributed by atoms with Crippen LogP contribution in [0.3, 0.4) is 0 Å². The number of nitro groups is 1. The molecule has 0 radical (unpaired) electrons. The fourth-order valence-electron chi connectivity index (χ4n) is 1.15. The quantitative estimate of drug-likeness (QED) is 0.552. The molecular weight excluding hydrogens is 170 g/mol. The van der Waals surface area contributed by atoms with E-state index in [0.29, 0.717) is 24.2 Å². The molecule has 1 heterocycles. The number of pyridine rings is 1. The number of aromatic nitrogens is 1. The van der Waals surface area contributed by atoms with E-state index in [9.17, 15) is 10.1 Å². The molecule has 2 N–H and O–H groups in total. The van der Waals surface area contributed by atoms with Crippen LogP contribution in [0.5, 0.6) is 0 Å². The zero-order chi connectivity index (χ0) is 9.84. The maximum absolute atomic E-state index is 10.5. The van der Waals surface area contributed by atoms with Crippen LogP contribution >= 0.6 is 0 Å². The van der Waals surface area contributed by atoms with Crippen molar-refractivity contribution in [3.8, 4) is 0 Å². The summed E-state index contributed by atoms with van der Waals surface area (Å²) in [5.41, 5.74) is 6.77. The predicted octanol–water partition coefficient (Wildman–Crippen LogP) is 0.799. The number of hydrogen-bond acceptors (Lipinski definition) is 4. The highest BCUT2D eigenvalue weighted by atomic mass is 16.6. The van der Waals surface area contributed by atoms with Crippen LogP contribution in [0.15, 0.2) is 12.3 Å². The minimum atomic E-state index is -0.406. The molecule has 1 rings (SSSR count). The summed E-state index contributed by atoms with van der Waals surface area (Å²) in [4.78, 5) is 14.1. The van der Waals surface area contributed by atoms with Crippen molar-refractivity contribution >= 4 is 5.69 Å². The van der Waals surface area contributed by atoms with E-state index >= 15 is 0 Å². The Morgan fingerprint density at radius 2 is 2.38 bits per heavy atom. The van der Waals surface area contributed by atoms with Crippen molar-refractivity contribution < 1.29 is 4.92 Å². The zero-order valence-electron chi connectivity index (χ0n) is 7.36. The molecule has 0 aromatic carbocycles. The molecule has 0 amide bonds. The van der Waals surface area contributed by atoms with Crippen molar-refractivity contribution in [2.45, 2.75) is 13.3 Å². The van der Waals surface area contributed by atoms with Crippen LogP contribution in [0.25, 0.3) is 0 Å². The van der Waals surface area contributed by atoms with Crippen LogP contribution in [0, 0.1) is 17.0 Å². The SMILES string of the molecule is Cc1c([N+](=O)[O-])ccnc1CCN. The van der Waals surface area contributed by atoms with Crippen LogP contribution in [0.1, 0.15) is 11.3 Å². The van der Waals surface area contributed by atoms with Crippen molar-refractivity contribution in [2.75, 3.05) is 6.54 Å². The molecule has 0 atom stereocenters. The molecule has 0 saturated carbocycles. The van der Waals surface area contributed by atoms with E-state index in [4.69, 9.17) is 5.73 Å². The Bertz CT molecular complexity index is 325. The highest BCUT2D eigenvalue weighted by Crippen LogP contribution is 2.18. The molecule has 0 unspecified atom stereocenters. The van der Waals surface area contributed by atoms with Gasteiger partial charge in [-0.1, -0.05) is 0 Å². The molecule has 5 nitrogen and oxygen atoms in total. The lowest BCUT2D eigenvalue weighted by Gasteiger charge is -2.02. The smallest absolute Gasteiger partial charge is 0.275 e. The lowest BCUT2D eigenvalue weighted by atomic mass is 10.1. The zero-order valence-corrected chi connectivity index (χ0v) is 7.36. The summed E-state index contributed by atoms with van der Waals surface area (Å²) in [5, 5.41) is 10.5. The van der Waals surface area contributed by atoms with Gasteiger partial charge in [0.1, 0.15) is 0 Å². The van der Waals surface area contributed by atoms with Gasteiger partial charge in [-0.25, -0.2) is 0 Å². The largest absolute Gasteiger partial charge is 0.330 e. The minimum absolute atomic E-state index is 0.110. The van der Waals surface area contributed by atoms with Crippen molar-refractivity contribution in [1.29, 1.82) is 0 Å². The molecule has 1 aromatic rings. The predicted molar refractivity (Wildman–Crippen MR) is 48.4 cm³/mol. The van der Waals surface area contributed by atoms with Crippen molar-refractivity contribution in [3.05, 3.63) is 33.6 Å². The normalized spacial score (nSPS) is 10.0. The van der Waals surface area contributed by atoms with Gasteiger partial charge in [-0.05, 0) is 13.5 Å². The molecule has 0 aliphatic heterocycles. The monoisotopic (exact) mass is 181 g/mol. The van der Waals surface area contributed by atoms with E-state index in [1.54, 1.807) is 6.92 Å². The first-order valence-electron chi connectivity index (χ1n) is 3.95. The summed E-state index contributed by atoms with van der Waals surface area (Å²) in [6.07, 6.45) is 2.02. The fourth-order valence-corrected chi connectivity index (χ4v) is 1.15. The van der Waals surface area contributed by atoms with Crippen LogP contribution in [-0.4, -0.2) is 16.5 Å². The first-order valence-corrected chi connectivity index (χ1v) is 3.95. The summed E-state index contributed by atoms with van der Waals surface area (Å²) in [6, 6.07) is 1.40. The van der Waals surface area contributed by atoms with Gasteiger partial charge in [-0.2, -0.15) is 0 Å². The lowest BCUT2D eigenvalue weighted by molar-refractivity contribution is -0.385. The summed E-state index contributed by atoms with van der Waals surface area (Å²) in [6.45, 7) is 2.14. The van der Waals surface area contributed by atoms with Crippen LogP contribution in [-0.2, 0) is 6.42 Å². The van der Waals surface area contributed by atoms with Gasteiger partial charge in [0.25, 0.3) is 5.69 Å². The van der Waals surface area contributed by atoms with Gasteiger partial charge in [0.05, 0.1) is 10.6 Å². The summed E-state index contributed by atoms with van der Waals surface area (Å²) < 4.78 is 0. The molecule has 5 heteroatoms. The molecule has 0 aliphatic rings. The maximum Gasteiger partial charge on any atom is 0.275 e. The molecule has 0 spiro atoms. The third-order valence-electron chi connectivity index (χ3n) is 1.86. The van der Waals surface area contributed by atoms with Crippen LogP contribution in [0.4, 0.5) is 5.69 Å². The Kier molecular flexibility index (Phi) is 2.92. The van der Waals surface area contributed by atoms with Gasteiger partial charge in [-0.3, -0.25) is 15.1 Å².